The van der Waals surface area contributed by atoms with E-state index in [1.54, 1.807) is 4.68 Å². The van der Waals surface area contributed by atoms with Crippen LogP contribution < -0.4 is 5.32 Å². The van der Waals surface area contributed by atoms with E-state index in [-0.39, 0.29) is 6.04 Å². The zero-order valence-corrected chi connectivity index (χ0v) is 14.7. The molecule has 0 fully saturated rings. The summed E-state index contributed by atoms with van der Waals surface area (Å²) in [6.07, 6.45) is 0. The Labute approximate surface area is 150 Å². The van der Waals surface area contributed by atoms with E-state index in [0.29, 0.717) is 17.3 Å². The molecule has 1 N–H and O–H groups in total. The number of benzene rings is 2. The highest BCUT2D eigenvalue weighted by Gasteiger charge is 2.17. The smallest absolute Gasteiger partial charge is 0.137 e. The van der Waals surface area contributed by atoms with Gasteiger partial charge in [-0.25, -0.2) is 13.5 Å². The molecule has 0 aliphatic carbocycles. The molecule has 130 valence electrons. The van der Waals surface area contributed by atoms with Gasteiger partial charge in [0.1, 0.15) is 16.8 Å². The van der Waals surface area contributed by atoms with Crippen molar-refractivity contribution in [3.05, 3.63) is 82.1 Å². The minimum atomic E-state index is -0.587. The predicted octanol–water partition coefficient (Wildman–Crippen LogP) is 4.96. The van der Waals surface area contributed by atoms with Crippen LogP contribution in [-0.4, -0.2) is 9.78 Å². The van der Waals surface area contributed by atoms with Crippen LogP contribution >= 0.6 is 11.6 Å². The van der Waals surface area contributed by atoms with Crippen molar-refractivity contribution in [1.82, 2.24) is 15.1 Å². The van der Waals surface area contributed by atoms with Crippen LogP contribution in [0.2, 0.25) is 5.15 Å². The van der Waals surface area contributed by atoms with Crippen LogP contribution in [0.25, 0.3) is 5.69 Å². The fourth-order valence-corrected chi connectivity index (χ4v) is 3.03. The maximum Gasteiger partial charge on any atom is 0.137 e. The lowest BCUT2D eigenvalue weighted by Crippen LogP contribution is -2.19. The van der Waals surface area contributed by atoms with Crippen LogP contribution in [0.4, 0.5) is 8.78 Å². The zero-order valence-electron chi connectivity index (χ0n) is 13.9. The number of nitrogens with zero attached hydrogens (tertiary/aromatic N) is 2. The fourth-order valence-electron chi connectivity index (χ4n) is 2.69. The van der Waals surface area contributed by atoms with Crippen molar-refractivity contribution >= 4 is 11.6 Å². The minimum Gasteiger partial charge on any atom is -0.306 e. The second-order valence-electron chi connectivity index (χ2n) is 5.87. The summed E-state index contributed by atoms with van der Waals surface area (Å²) in [5.41, 5.74) is 2.93. The maximum absolute atomic E-state index is 13.9. The molecule has 0 saturated carbocycles. The van der Waals surface area contributed by atoms with Crippen LogP contribution in [0.15, 0.2) is 48.5 Å². The van der Waals surface area contributed by atoms with E-state index in [1.165, 1.54) is 12.1 Å². The Kier molecular flexibility index (Phi) is 5.16. The number of rotatable bonds is 5. The van der Waals surface area contributed by atoms with Gasteiger partial charge in [0, 0.05) is 29.8 Å². The van der Waals surface area contributed by atoms with E-state index in [9.17, 15) is 8.78 Å². The van der Waals surface area contributed by atoms with Crippen molar-refractivity contribution in [2.75, 3.05) is 0 Å². The average molecular weight is 362 g/mol. The first kappa shape index (κ1) is 17.6. The molecule has 3 aromatic rings. The first-order valence-corrected chi connectivity index (χ1v) is 8.33. The van der Waals surface area contributed by atoms with Gasteiger partial charge in [0.25, 0.3) is 0 Å². The van der Waals surface area contributed by atoms with Crippen molar-refractivity contribution in [1.29, 1.82) is 0 Å². The normalized spacial score (nSPS) is 12.4. The standard InChI is InChI=1S/C19H18ClF2N3/c1-12(16-9-8-14(21)10-18(16)22)23-11-17-13(2)24-25(19(17)20)15-6-4-3-5-7-15/h3-10,12,23H,11H2,1-2H3/t12-/m0/s1. The molecule has 3 rings (SSSR count). The Bertz CT molecular complexity index is 878. The third-order valence-electron chi connectivity index (χ3n) is 4.14. The fraction of sp³-hybridized carbons (Fsp3) is 0.211. The van der Waals surface area contributed by atoms with Gasteiger partial charge < -0.3 is 5.32 Å². The third kappa shape index (κ3) is 3.72. The summed E-state index contributed by atoms with van der Waals surface area (Å²) in [6.45, 7) is 4.13. The minimum absolute atomic E-state index is 0.295. The summed E-state index contributed by atoms with van der Waals surface area (Å²) in [5.74, 6) is -1.15. The van der Waals surface area contributed by atoms with E-state index in [4.69, 9.17) is 11.6 Å². The maximum atomic E-state index is 13.9. The molecule has 6 heteroatoms. The van der Waals surface area contributed by atoms with E-state index in [1.807, 2.05) is 44.2 Å². The number of hydrogen-bond acceptors (Lipinski definition) is 2. The van der Waals surface area contributed by atoms with E-state index in [0.717, 1.165) is 23.0 Å². The first-order valence-electron chi connectivity index (χ1n) is 7.95. The Morgan fingerprint density at radius 2 is 1.88 bits per heavy atom. The predicted molar refractivity (Wildman–Crippen MR) is 94.9 cm³/mol. The zero-order chi connectivity index (χ0) is 18.0. The van der Waals surface area contributed by atoms with Gasteiger partial charge >= 0.3 is 0 Å². The number of aromatic nitrogens is 2. The summed E-state index contributed by atoms with van der Waals surface area (Å²) in [4.78, 5) is 0. The lowest BCUT2D eigenvalue weighted by atomic mass is 10.1. The van der Waals surface area contributed by atoms with E-state index >= 15 is 0 Å². The average Bonchev–Trinajstić information content (AvgIpc) is 2.88. The second kappa shape index (κ2) is 7.33. The first-order chi connectivity index (χ1) is 12.0. The molecule has 1 heterocycles. The molecule has 0 aliphatic heterocycles. The van der Waals surface area contributed by atoms with E-state index in [2.05, 4.69) is 10.4 Å². The quantitative estimate of drug-likeness (QED) is 0.695. The van der Waals surface area contributed by atoms with Gasteiger partial charge in [0.2, 0.25) is 0 Å². The highest BCUT2D eigenvalue weighted by Crippen LogP contribution is 2.25. The summed E-state index contributed by atoms with van der Waals surface area (Å²) in [5, 5.41) is 8.22. The monoisotopic (exact) mass is 361 g/mol. The van der Waals surface area contributed by atoms with Gasteiger partial charge in [-0.3, -0.25) is 0 Å². The van der Waals surface area contributed by atoms with Crippen LogP contribution in [-0.2, 0) is 6.54 Å². The van der Waals surface area contributed by atoms with Gasteiger partial charge in [-0.05, 0) is 32.0 Å². The van der Waals surface area contributed by atoms with Crippen LogP contribution in [0.1, 0.15) is 29.8 Å². The second-order valence-corrected chi connectivity index (χ2v) is 6.23. The summed E-state index contributed by atoms with van der Waals surface area (Å²) in [7, 11) is 0. The van der Waals surface area contributed by atoms with Gasteiger partial charge in [-0.2, -0.15) is 5.10 Å². The largest absolute Gasteiger partial charge is 0.306 e. The Hall–Kier alpha value is -2.24. The van der Waals surface area contributed by atoms with Crippen molar-refractivity contribution < 1.29 is 8.78 Å². The molecule has 0 unspecified atom stereocenters. The number of hydrogen-bond donors (Lipinski definition) is 1. The van der Waals surface area contributed by atoms with Gasteiger partial charge in [-0.15, -0.1) is 0 Å². The van der Waals surface area contributed by atoms with Crippen molar-refractivity contribution in [3.63, 3.8) is 0 Å². The molecular weight excluding hydrogens is 344 g/mol. The molecule has 2 aromatic carbocycles. The Morgan fingerprint density at radius 3 is 2.56 bits per heavy atom. The number of nitrogens with one attached hydrogen (secondary N) is 1. The van der Waals surface area contributed by atoms with Crippen LogP contribution in [0.3, 0.4) is 0 Å². The molecule has 0 amide bonds. The molecule has 0 aliphatic rings. The SMILES string of the molecule is Cc1nn(-c2ccccc2)c(Cl)c1CN[C@@H](C)c1ccc(F)cc1F. The number of para-hydroxylation sites is 1. The topological polar surface area (TPSA) is 29.9 Å². The molecule has 1 atom stereocenters. The highest BCUT2D eigenvalue weighted by atomic mass is 35.5. The molecule has 25 heavy (non-hydrogen) atoms. The van der Waals surface area contributed by atoms with Gasteiger partial charge in [-0.1, -0.05) is 35.9 Å². The van der Waals surface area contributed by atoms with Crippen molar-refractivity contribution in [2.45, 2.75) is 26.4 Å². The number of halogens is 3. The summed E-state index contributed by atoms with van der Waals surface area (Å²) in [6, 6.07) is 12.9. The highest BCUT2D eigenvalue weighted by molar-refractivity contribution is 6.30. The summed E-state index contributed by atoms with van der Waals surface area (Å²) < 4.78 is 28.6. The lowest BCUT2D eigenvalue weighted by molar-refractivity contribution is 0.517. The molecule has 0 spiro atoms. The van der Waals surface area contributed by atoms with Gasteiger partial charge in [0.05, 0.1) is 11.4 Å². The van der Waals surface area contributed by atoms with Gasteiger partial charge in [0.15, 0.2) is 0 Å². The molecular formula is C19H18ClF2N3. The van der Waals surface area contributed by atoms with E-state index < -0.39 is 11.6 Å². The Morgan fingerprint density at radius 1 is 1.16 bits per heavy atom. The van der Waals surface area contributed by atoms with Crippen molar-refractivity contribution in [2.24, 2.45) is 0 Å². The van der Waals surface area contributed by atoms with Crippen molar-refractivity contribution in [3.8, 4) is 5.69 Å². The molecule has 3 nitrogen and oxygen atoms in total. The molecule has 0 bridgehead atoms. The number of aryl methyl sites for hydroxylation is 1. The third-order valence-corrected chi connectivity index (χ3v) is 4.52. The lowest BCUT2D eigenvalue weighted by Gasteiger charge is -2.15. The molecule has 0 radical (unpaired) electrons. The molecule has 0 saturated heterocycles. The van der Waals surface area contributed by atoms with Crippen LogP contribution in [0.5, 0.6) is 0 Å². The van der Waals surface area contributed by atoms with Crippen LogP contribution in [0, 0.1) is 18.6 Å². The molecule has 1 aromatic heterocycles. The Balaban J connectivity index is 1.78. The summed E-state index contributed by atoms with van der Waals surface area (Å²) >= 11 is 6.48.